The summed E-state index contributed by atoms with van der Waals surface area (Å²) < 4.78 is 31.1. The van der Waals surface area contributed by atoms with Crippen molar-refractivity contribution in [3.8, 4) is 0 Å². The molecule has 0 spiro atoms. The fourth-order valence-corrected chi connectivity index (χ4v) is 2.21. The van der Waals surface area contributed by atoms with Crippen molar-refractivity contribution in [1.29, 1.82) is 0 Å². The molecule has 2 rings (SSSR count). The van der Waals surface area contributed by atoms with E-state index in [2.05, 4.69) is 0 Å². The minimum atomic E-state index is -2.58. The van der Waals surface area contributed by atoms with Gasteiger partial charge < -0.3 is 9.64 Å². The van der Waals surface area contributed by atoms with Crippen LogP contribution in [-0.2, 0) is 9.53 Å². The van der Waals surface area contributed by atoms with E-state index in [4.69, 9.17) is 4.74 Å². The average Bonchev–Trinajstić information content (AvgIpc) is 2.70. The summed E-state index contributed by atoms with van der Waals surface area (Å²) in [6, 6.07) is 0. The first kappa shape index (κ1) is 11.8. The van der Waals surface area contributed by atoms with Crippen LogP contribution in [0.4, 0.5) is 8.78 Å². The first-order valence-corrected chi connectivity index (χ1v) is 5.84. The van der Waals surface area contributed by atoms with Crippen molar-refractivity contribution in [2.24, 2.45) is 0 Å². The summed E-state index contributed by atoms with van der Waals surface area (Å²) in [5.41, 5.74) is 0. The molecule has 1 unspecified atom stereocenters. The van der Waals surface area contributed by atoms with Crippen LogP contribution in [0, 0.1) is 0 Å². The number of hydrogen-bond acceptors (Lipinski definition) is 2. The zero-order valence-electron chi connectivity index (χ0n) is 9.25. The summed E-state index contributed by atoms with van der Waals surface area (Å²) in [6.45, 7) is 1.08. The zero-order chi connectivity index (χ0) is 11.6. The second-order valence-corrected chi connectivity index (χ2v) is 4.58. The van der Waals surface area contributed by atoms with E-state index in [-0.39, 0.29) is 37.9 Å². The molecule has 0 aromatic heterocycles. The van der Waals surface area contributed by atoms with Crippen molar-refractivity contribution in [3.63, 3.8) is 0 Å². The third-order valence-electron chi connectivity index (χ3n) is 3.27. The van der Waals surface area contributed by atoms with E-state index >= 15 is 0 Å². The molecule has 0 aromatic carbocycles. The van der Waals surface area contributed by atoms with Gasteiger partial charge >= 0.3 is 0 Å². The SMILES string of the molecule is O=C(CC1CCCO1)N1CCC(F)(F)CC1. The Labute approximate surface area is 93.7 Å². The van der Waals surface area contributed by atoms with Crippen molar-refractivity contribution in [3.05, 3.63) is 0 Å². The molecule has 92 valence electrons. The van der Waals surface area contributed by atoms with Gasteiger partial charge in [0.05, 0.1) is 12.5 Å². The fraction of sp³-hybridized carbons (Fsp3) is 0.909. The lowest BCUT2D eigenvalue weighted by molar-refractivity contribution is -0.139. The molecule has 16 heavy (non-hydrogen) atoms. The maximum atomic E-state index is 12.9. The Bertz CT molecular complexity index is 255. The Kier molecular flexibility index (Phi) is 3.42. The molecule has 0 aromatic rings. The van der Waals surface area contributed by atoms with Gasteiger partial charge in [-0.25, -0.2) is 8.78 Å². The van der Waals surface area contributed by atoms with Gasteiger partial charge in [0.15, 0.2) is 0 Å². The Morgan fingerprint density at radius 1 is 1.38 bits per heavy atom. The predicted molar refractivity (Wildman–Crippen MR) is 54.4 cm³/mol. The number of ether oxygens (including phenoxy) is 1. The van der Waals surface area contributed by atoms with Crippen LogP contribution in [0.5, 0.6) is 0 Å². The molecule has 2 saturated heterocycles. The topological polar surface area (TPSA) is 29.5 Å². The van der Waals surface area contributed by atoms with Gasteiger partial charge in [-0.1, -0.05) is 0 Å². The van der Waals surface area contributed by atoms with Crippen molar-refractivity contribution in [2.75, 3.05) is 19.7 Å². The van der Waals surface area contributed by atoms with Gasteiger partial charge in [-0.15, -0.1) is 0 Å². The normalized spacial score (nSPS) is 29.4. The minimum absolute atomic E-state index is 0.00920. The smallest absolute Gasteiger partial charge is 0.251 e. The summed E-state index contributed by atoms with van der Waals surface area (Å²) in [7, 11) is 0. The third kappa shape index (κ3) is 2.90. The number of carbonyl (C=O) groups is 1. The molecule has 3 nitrogen and oxygen atoms in total. The van der Waals surface area contributed by atoms with E-state index < -0.39 is 5.92 Å². The predicted octanol–water partition coefficient (Wildman–Crippen LogP) is 1.81. The molecule has 2 heterocycles. The third-order valence-corrected chi connectivity index (χ3v) is 3.27. The van der Waals surface area contributed by atoms with Crippen LogP contribution < -0.4 is 0 Å². The molecule has 5 heteroatoms. The molecule has 0 saturated carbocycles. The number of rotatable bonds is 2. The molecule has 1 amide bonds. The van der Waals surface area contributed by atoms with Crippen molar-refractivity contribution in [1.82, 2.24) is 4.90 Å². The first-order chi connectivity index (χ1) is 7.57. The highest BCUT2D eigenvalue weighted by atomic mass is 19.3. The molecule has 2 aliphatic rings. The van der Waals surface area contributed by atoms with Crippen LogP contribution in [0.15, 0.2) is 0 Å². The summed E-state index contributed by atoms with van der Waals surface area (Å²) in [6.07, 6.45) is 1.86. The highest BCUT2D eigenvalue weighted by Crippen LogP contribution is 2.28. The Morgan fingerprint density at radius 2 is 2.06 bits per heavy atom. The van der Waals surface area contributed by atoms with Crippen LogP contribution in [-0.4, -0.2) is 42.5 Å². The van der Waals surface area contributed by atoms with Gasteiger partial charge in [0.25, 0.3) is 5.92 Å². The van der Waals surface area contributed by atoms with Crippen molar-refractivity contribution >= 4 is 5.91 Å². The maximum Gasteiger partial charge on any atom is 0.251 e. The van der Waals surface area contributed by atoms with E-state index in [0.717, 1.165) is 19.4 Å². The molecular formula is C11H17F2NO2. The standard InChI is InChI=1S/C11H17F2NO2/c12-11(13)3-5-14(6-4-11)10(15)8-9-2-1-7-16-9/h9H,1-8H2. The highest BCUT2D eigenvalue weighted by Gasteiger charge is 2.36. The second-order valence-electron chi connectivity index (χ2n) is 4.58. The van der Waals surface area contributed by atoms with Crippen molar-refractivity contribution in [2.45, 2.75) is 44.1 Å². The van der Waals surface area contributed by atoms with Gasteiger partial charge in [-0.3, -0.25) is 4.79 Å². The highest BCUT2D eigenvalue weighted by molar-refractivity contribution is 5.76. The first-order valence-electron chi connectivity index (χ1n) is 5.84. The summed E-state index contributed by atoms with van der Waals surface area (Å²) in [5, 5.41) is 0. The van der Waals surface area contributed by atoms with Crippen LogP contribution in [0.2, 0.25) is 0 Å². The minimum Gasteiger partial charge on any atom is -0.378 e. The zero-order valence-corrected chi connectivity index (χ0v) is 9.25. The number of nitrogens with zero attached hydrogens (tertiary/aromatic N) is 1. The summed E-state index contributed by atoms with van der Waals surface area (Å²) >= 11 is 0. The monoisotopic (exact) mass is 233 g/mol. The number of carbonyl (C=O) groups excluding carboxylic acids is 1. The number of halogens is 2. The molecular weight excluding hydrogens is 216 g/mol. The number of hydrogen-bond donors (Lipinski definition) is 0. The van der Waals surface area contributed by atoms with Gasteiger partial charge in [0.2, 0.25) is 5.91 Å². The van der Waals surface area contributed by atoms with E-state index in [1.54, 1.807) is 4.90 Å². The molecule has 2 fully saturated rings. The van der Waals surface area contributed by atoms with Gasteiger partial charge in [0, 0.05) is 32.5 Å². The molecule has 0 N–H and O–H groups in total. The average molecular weight is 233 g/mol. The fourth-order valence-electron chi connectivity index (χ4n) is 2.21. The maximum absolute atomic E-state index is 12.9. The van der Waals surface area contributed by atoms with E-state index in [1.165, 1.54) is 0 Å². The lowest BCUT2D eigenvalue weighted by atomic mass is 10.1. The van der Waals surface area contributed by atoms with Crippen LogP contribution in [0.3, 0.4) is 0 Å². The number of piperidine rings is 1. The lowest BCUT2D eigenvalue weighted by Crippen LogP contribution is -2.43. The molecule has 1 atom stereocenters. The Hall–Kier alpha value is -0.710. The van der Waals surface area contributed by atoms with Crippen LogP contribution in [0.1, 0.15) is 32.1 Å². The van der Waals surface area contributed by atoms with Crippen LogP contribution >= 0.6 is 0 Å². The number of likely N-dealkylation sites (tertiary alicyclic amines) is 1. The number of amides is 1. The molecule has 2 aliphatic heterocycles. The van der Waals surface area contributed by atoms with Gasteiger partial charge in [-0.2, -0.15) is 0 Å². The van der Waals surface area contributed by atoms with E-state index in [1.807, 2.05) is 0 Å². The summed E-state index contributed by atoms with van der Waals surface area (Å²) in [5.74, 6) is -2.62. The van der Waals surface area contributed by atoms with E-state index in [9.17, 15) is 13.6 Å². The largest absolute Gasteiger partial charge is 0.378 e. The quantitative estimate of drug-likeness (QED) is 0.728. The molecule has 0 radical (unpaired) electrons. The van der Waals surface area contributed by atoms with Crippen molar-refractivity contribution < 1.29 is 18.3 Å². The summed E-state index contributed by atoms with van der Waals surface area (Å²) in [4.78, 5) is 13.3. The van der Waals surface area contributed by atoms with Crippen LogP contribution in [0.25, 0.3) is 0 Å². The van der Waals surface area contributed by atoms with Gasteiger partial charge in [-0.05, 0) is 12.8 Å². The molecule has 0 bridgehead atoms. The molecule has 0 aliphatic carbocycles. The Morgan fingerprint density at radius 3 is 2.62 bits per heavy atom. The number of alkyl halides is 2. The van der Waals surface area contributed by atoms with Gasteiger partial charge in [0.1, 0.15) is 0 Å². The second kappa shape index (κ2) is 4.65. The van der Waals surface area contributed by atoms with E-state index in [0.29, 0.717) is 6.42 Å². The Balaban J connectivity index is 1.77. The lowest BCUT2D eigenvalue weighted by Gasteiger charge is -2.32.